The number of quaternary nitrogens is 1. The smallest absolute Gasteiger partial charge is 0.309 e. The lowest BCUT2D eigenvalue weighted by molar-refractivity contribution is -0.897. The van der Waals surface area contributed by atoms with Crippen LogP contribution in [0, 0.1) is 5.92 Å². The monoisotopic (exact) mass is 315 g/mol. The maximum absolute atomic E-state index is 12.6. The van der Waals surface area contributed by atoms with Crippen molar-refractivity contribution < 1.29 is 19.2 Å². The minimum atomic E-state index is -0.0884. The highest BCUT2D eigenvalue weighted by atomic mass is 16.5. The molecule has 0 saturated carbocycles. The van der Waals surface area contributed by atoms with E-state index in [9.17, 15) is 9.59 Å². The first-order valence-electron chi connectivity index (χ1n) is 8.28. The lowest BCUT2D eigenvalue weighted by Crippen LogP contribution is -3.14. The third-order valence-electron chi connectivity index (χ3n) is 4.61. The molecule has 1 fully saturated rings. The maximum atomic E-state index is 12.6. The molecule has 0 radical (unpaired) electrons. The standard InChI is InChI=1S/C18H22N2O3/c1-2-23-18(22)13-7-9-20(10-8-13)12-17(21)15-11-19-16-6-4-3-5-14(15)16/h3-6,11,13,19H,2,7-10,12H2,1H3/p+1. The Balaban J connectivity index is 1.58. The molecule has 3 rings (SSSR count). The lowest BCUT2D eigenvalue weighted by atomic mass is 9.96. The largest absolute Gasteiger partial charge is 0.466 e. The zero-order chi connectivity index (χ0) is 16.2. The fourth-order valence-electron chi connectivity index (χ4n) is 3.32. The number of Topliss-reactive ketones (excluding diaryl/α,β-unsaturated/α-hetero) is 1. The number of aromatic nitrogens is 1. The Morgan fingerprint density at radius 3 is 2.74 bits per heavy atom. The molecule has 0 bridgehead atoms. The normalized spacial score (nSPS) is 21.3. The summed E-state index contributed by atoms with van der Waals surface area (Å²) >= 11 is 0. The van der Waals surface area contributed by atoms with E-state index in [1.807, 2.05) is 31.2 Å². The number of carbonyl (C=O) groups is 2. The molecule has 1 aromatic heterocycles. The second-order valence-corrected chi connectivity index (χ2v) is 6.12. The predicted octanol–water partition coefficient (Wildman–Crippen LogP) is 1.21. The van der Waals surface area contributed by atoms with Gasteiger partial charge in [-0.2, -0.15) is 0 Å². The van der Waals surface area contributed by atoms with E-state index in [4.69, 9.17) is 4.74 Å². The Morgan fingerprint density at radius 1 is 1.26 bits per heavy atom. The van der Waals surface area contributed by atoms with Crippen LogP contribution < -0.4 is 4.90 Å². The van der Waals surface area contributed by atoms with Gasteiger partial charge in [-0.05, 0) is 13.0 Å². The number of para-hydroxylation sites is 1. The minimum absolute atomic E-state index is 0.00175. The van der Waals surface area contributed by atoms with Gasteiger partial charge in [-0.15, -0.1) is 0 Å². The van der Waals surface area contributed by atoms with E-state index in [2.05, 4.69) is 4.98 Å². The Hall–Kier alpha value is -2.14. The van der Waals surface area contributed by atoms with Gasteiger partial charge < -0.3 is 14.6 Å². The number of hydrogen-bond donors (Lipinski definition) is 2. The van der Waals surface area contributed by atoms with E-state index in [1.165, 1.54) is 4.90 Å². The molecule has 5 heteroatoms. The molecule has 1 aliphatic heterocycles. The molecule has 0 aliphatic carbocycles. The fraction of sp³-hybridized carbons (Fsp3) is 0.444. The number of piperidine rings is 1. The van der Waals surface area contributed by atoms with E-state index in [0.29, 0.717) is 13.2 Å². The SMILES string of the molecule is CCOC(=O)C1CC[NH+](CC(=O)c2c[nH]c3ccccc23)CC1. The molecule has 5 nitrogen and oxygen atoms in total. The number of hydrogen-bond acceptors (Lipinski definition) is 3. The topological polar surface area (TPSA) is 63.6 Å². The number of nitrogens with one attached hydrogen (secondary N) is 2. The lowest BCUT2D eigenvalue weighted by Gasteiger charge is -2.27. The molecule has 23 heavy (non-hydrogen) atoms. The molecular weight excluding hydrogens is 292 g/mol. The summed E-state index contributed by atoms with van der Waals surface area (Å²) in [5, 5.41) is 0.985. The number of fused-ring (bicyclic) bond motifs is 1. The summed E-state index contributed by atoms with van der Waals surface area (Å²) in [5.41, 5.74) is 1.76. The van der Waals surface area contributed by atoms with Gasteiger partial charge in [0.25, 0.3) is 0 Å². The van der Waals surface area contributed by atoms with Crippen LogP contribution in [0.2, 0.25) is 0 Å². The Labute approximate surface area is 135 Å². The van der Waals surface area contributed by atoms with Gasteiger partial charge in [0, 0.05) is 35.5 Å². The number of carbonyl (C=O) groups excluding carboxylic acids is 2. The number of aromatic amines is 1. The Kier molecular flexibility index (Phi) is 4.76. The molecule has 0 atom stereocenters. The van der Waals surface area contributed by atoms with E-state index in [1.54, 1.807) is 6.20 Å². The summed E-state index contributed by atoms with van der Waals surface area (Å²) in [5.74, 6) is 0.0726. The zero-order valence-electron chi connectivity index (χ0n) is 13.4. The van der Waals surface area contributed by atoms with E-state index >= 15 is 0 Å². The highest BCUT2D eigenvalue weighted by Gasteiger charge is 2.29. The molecule has 1 saturated heterocycles. The summed E-state index contributed by atoms with van der Waals surface area (Å²) in [7, 11) is 0. The van der Waals surface area contributed by atoms with Crippen molar-refractivity contribution in [2.45, 2.75) is 19.8 Å². The van der Waals surface area contributed by atoms with Crippen LogP contribution in [0.4, 0.5) is 0 Å². The van der Waals surface area contributed by atoms with Gasteiger partial charge in [0.2, 0.25) is 5.78 Å². The van der Waals surface area contributed by atoms with Crippen molar-refractivity contribution in [2.24, 2.45) is 5.92 Å². The minimum Gasteiger partial charge on any atom is -0.466 e. The molecular formula is C18H23N2O3+. The van der Waals surface area contributed by atoms with E-state index in [0.717, 1.165) is 42.4 Å². The molecule has 0 unspecified atom stereocenters. The second kappa shape index (κ2) is 6.96. The number of H-pyrrole nitrogens is 1. The van der Waals surface area contributed by atoms with Crippen molar-refractivity contribution in [3.05, 3.63) is 36.0 Å². The highest BCUT2D eigenvalue weighted by Crippen LogP contribution is 2.18. The van der Waals surface area contributed by atoms with Crippen LogP contribution in [0.15, 0.2) is 30.5 Å². The summed E-state index contributed by atoms with van der Waals surface area (Å²) < 4.78 is 5.09. The van der Waals surface area contributed by atoms with Crippen LogP contribution in [0.1, 0.15) is 30.1 Å². The number of esters is 1. The second-order valence-electron chi connectivity index (χ2n) is 6.12. The average Bonchev–Trinajstić information content (AvgIpc) is 3.00. The predicted molar refractivity (Wildman–Crippen MR) is 87.5 cm³/mol. The fourth-order valence-corrected chi connectivity index (χ4v) is 3.32. The summed E-state index contributed by atoms with van der Waals surface area (Å²) in [4.78, 5) is 28.7. The number of ether oxygens (including phenoxy) is 1. The van der Waals surface area contributed by atoms with Crippen LogP contribution in [0.5, 0.6) is 0 Å². The van der Waals surface area contributed by atoms with E-state index in [-0.39, 0.29) is 17.7 Å². The van der Waals surface area contributed by atoms with Crippen LogP contribution in [0.3, 0.4) is 0 Å². The Bertz CT molecular complexity index is 699. The number of likely N-dealkylation sites (tertiary alicyclic amines) is 1. The van der Waals surface area contributed by atoms with Crippen molar-refractivity contribution in [2.75, 3.05) is 26.2 Å². The van der Waals surface area contributed by atoms with Gasteiger partial charge in [0.15, 0.2) is 0 Å². The van der Waals surface area contributed by atoms with Crippen LogP contribution in [-0.2, 0) is 9.53 Å². The van der Waals surface area contributed by atoms with Crippen molar-refractivity contribution >= 4 is 22.7 Å². The number of benzene rings is 1. The van der Waals surface area contributed by atoms with Crippen LogP contribution >= 0.6 is 0 Å². The zero-order valence-corrected chi connectivity index (χ0v) is 13.4. The van der Waals surface area contributed by atoms with Gasteiger partial charge in [0.05, 0.1) is 25.6 Å². The molecule has 0 amide bonds. The van der Waals surface area contributed by atoms with Gasteiger partial charge in [-0.3, -0.25) is 9.59 Å². The quantitative estimate of drug-likeness (QED) is 0.644. The molecule has 2 N–H and O–H groups in total. The third kappa shape index (κ3) is 3.45. The first-order chi connectivity index (χ1) is 11.2. The van der Waals surface area contributed by atoms with Crippen molar-refractivity contribution in [1.29, 1.82) is 0 Å². The molecule has 122 valence electrons. The maximum Gasteiger partial charge on any atom is 0.309 e. The first-order valence-corrected chi connectivity index (χ1v) is 8.28. The summed E-state index contributed by atoms with van der Waals surface area (Å²) in [6.07, 6.45) is 3.41. The highest BCUT2D eigenvalue weighted by molar-refractivity contribution is 6.08. The van der Waals surface area contributed by atoms with E-state index < -0.39 is 0 Å². The molecule has 2 aromatic rings. The van der Waals surface area contributed by atoms with Crippen molar-refractivity contribution in [3.63, 3.8) is 0 Å². The molecule has 1 aliphatic rings. The average molecular weight is 315 g/mol. The Morgan fingerprint density at radius 2 is 2.00 bits per heavy atom. The van der Waals surface area contributed by atoms with Gasteiger partial charge >= 0.3 is 5.97 Å². The summed E-state index contributed by atoms with van der Waals surface area (Å²) in [6.45, 7) is 4.44. The molecule has 2 heterocycles. The number of rotatable bonds is 5. The molecule has 1 aromatic carbocycles. The first kappa shape index (κ1) is 15.7. The van der Waals surface area contributed by atoms with Gasteiger partial charge in [-0.1, -0.05) is 18.2 Å². The van der Waals surface area contributed by atoms with Crippen LogP contribution in [0.25, 0.3) is 10.9 Å². The van der Waals surface area contributed by atoms with Crippen molar-refractivity contribution in [3.8, 4) is 0 Å². The van der Waals surface area contributed by atoms with Crippen molar-refractivity contribution in [1.82, 2.24) is 4.98 Å². The van der Waals surface area contributed by atoms with Gasteiger partial charge in [-0.25, -0.2) is 0 Å². The molecule has 0 spiro atoms. The number of ketones is 1. The van der Waals surface area contributed by atoms with Crippen LogP contribution in [-0.4, -0.2) is 43.0 Å². The summed E-state index contributed by atoms with van der Waals surface area (Å²) in [6, 6.07) is 7.86. The third-order valence-corrected chi connectivity index (χ3v) is 4.61. The van der Waals surface area contributed by atoms with Gasteiger partial charge in [0.1, 0.15) is 6.54 Å².